The molecule has 0 aliphatic rings. The number of nitrogens with two attached hydrogens (primary N) is 1. The van der Waals surface area contributed by atoms with E-state index in [1.165, 1.54) is 0 Å². The average Bonchev–Trinajstić information content (AvgIpc) is 3.51. The van der Waals surface area contributed by atoms with E-state index in [-0.39, 0.29) is 6.04 Å². The van der Waals surface area contributed by atoms with Gasteiger partial charge in [0, 0.05) is 60.7 Å². The van der Waals surface area contributed by atoms with E-state index >= 15 is 0 Å². The van der Waals surface area contributed by atoms with Crippen LogP contribution in [0.2, 0.25) is 0 Å². The molecular weight excluding hydrogens is 591 g/mol. The second kappa shape index (κ2) is 14.0. The van der Waals surface area contributed by atoms with Crippen molar-refractivity contribution in [3.05, 3.63) is 66.2 Å². The molecule has 1 atom stereocenters. The van der Waals surface area contributed by atoms with E-state index < -0.39 is 7.92 Å². The minimum Gasteiger partial charge on any atom is -0.495 e. The number of allylic oxidation sites excluding steroid dienone is 1. The molecule has 0 fully saturated rings. The first kappa shape index (κ1) is 31.2. The first-order valence-electron chi connectivity index (χ1n) is 14.1. The van der Waals surface area contributed by atoms with E-state index in [0.29, 0.717) is 34.6 Å². The van der Waals surface area contributed by atoms with Crippen LogP contribution in [-0.2, 0) is 0 Å². The molecular formula is C31H37N10OPS. The van der Waals surface area contributed by atoms with E-state index in [0.717, 1.165) is 50.5 Å². The van der Waals surface area contributed by atoms with Crippen LogP contribution in [0.1, 0.15) is 23.6 Å². The van der Waals surface area contributed by atoms with Gasteiger partial charge in [0.2, 0.25) is 5.95 Å². The summed E-state index contributed by atoms with van der Waals surface area (Å²) in [5, 5.41) is 12.4. The number of aromatic amines is 1. The SMILES string of the molecule is CN=CC(=CN)c1cc(Nc2nc(Nc3ccc4nccnc4c3P(C)C)c3cc[nH]c3n2)c(OC)cc1[C@H](CCS)NC. The van der Waals surface area contributed by atoms with E-state index in [4.69, 9.17) is 20.4 Å². The zero-order valence-corrected chi connectivity index (χ0v) is 27.2. The molecule has 6 N–H and O–H groups in total. The van der Waals surface area contributed by atoms with Gasteiger partial charge < -0.3 is 31.4 Å². The third-order valence-corrected chi connectivity index (χ3v) is 8.85. The number of hydrogen-bond acceptors (Lipinski definition) is 11. The van der Waals surface area contributed by atoms with Gasteiger partial charge >= 0.3 is 0 Å². The molecule has 44 heavy (non-hydrogen) atoms. The van der Waals surface area contributed by atoms with Crippen molar-refractivity contribution in [3.63, 3.8) is 0 Å². The Hall–Kier alpha value is -4.25. The van der Waals surface area contributed by atoms with Gasteiger partial charge in [-0.3, -0.25) is 15.0 Å². The number of rotatable bonds is 12. The maximum absolute atomic E-state index is 6.08. The molecule has 0 unspecified atom stereocenters. The van der Waals surface area contributed by atoms with Crippen LogP contribution in [0.3, 0.4) is 0 Å². The Morgan fingerprint density at radius 3 is 2.66 bits per heavy atom. The Balaban J connectivity index is 1.61. The van der Waals surface area contributed by atoms with Crippen molar-refractivity contribution in [1.29, 1.82) is 0 Å². The number of nitrogens with zero attached hydrogens (tertiary/aromatic N) is 5. The molecule has 2 aromatic carbocycles. The summed E-state index contributed by atoms with van der Waals surface area (Å²) >= 11 is 4.47. The summed E-state index contributed by atoms with van der Waals surface area (Å²) in [6.07, 6.45) is 9.40. The van der Waals surface area contributed by atoms with Crippen molar-refractivity contribution in [2.24, 2.45) is 10.7 Å². The summed E-state index contributed by atoms with van der Waals surface area (Å²) in [5.41, 5.74) is 12.8. The van der Waals surface area contributed by atoms with Crippen molar-refractivity contribution < 1.29 is 4.74 Å². The highest BCUT2D eigenvalue weighted by molar-refractivity contribution is 7.80. The van der Waals surface area contributed by atoms with Crippen molar-refractivity contribution in [1.82, 2.24) is 30.2 Å². The summed E-state index contributed by atoms with van der Waals surface area (Å²) in [6, 6.07) is 10.00. The second-order valence-corrected chi connectivity index (χ2v) is 12.9. The lowest BCUT2D eigenvalue weighted by Gasteiger charge is -2.23. The molecule has 0 bridgehead atoms. The molecule has 0 aliphatic carbocycles. The topological polar surface area (TPSA) is 151 Å². The molecule has 5 rings (SSSR count). The molecule has 0 amide bonds. The van der Waals surface area contributed by atoms with Gasteiger partial charge in [0.05, 0.1) is 29.2 Å². The first-order chi connectivity index (χ1) is 21.4. The number of hydrogen-bond donors (Lipinski definition) is 6. The standard InChI is InChI=1S/C31H37N10OPS/c1-33-17-18(16-32)20-14-25(26(42-3)15-21(20)22(34-2)9-13-44)39-31-40-29-19(8-10-37-29)30(41-31)38-24-7-6-23-27(28(24)43(4)5)36-12-11-35-23/h6-8,10-12,14-17,22,34,44H,9,13,32H2,1-5H3,(H3,37,38,39,40,41)/t22-/m0/s1. The van der Waals surface area contributed by atoms with E-state index in [9.17, 15) is 0 Å². The van der Waals surface area contributed by atoms with Gasteiger partial charge in [-0.2, -0.15) is 22.6 Å². The number of thiol groups is 1. The molecule has 228 valence electrons. The van der Waals surface area contributed by atoms with E-state index in [1.807, 2.05) is 43.6 Å². The molecule has 0 aliphatic heterocycles. The Bertz CT molecular complexity index is 1840. The Morgan fingerprint density at radius 1 is 1.14 bits per heavy atom. The summed E-state index contributed by atoms with van der Waals surface area (Å²) in [5.74, 6) is 2.39. The van der Waals surface area contributed by atoms with Crippen LogP contribution >= 0.6 is 20.6 Å². The number of benzene rings is 2. The Labute approximate surface area is 263 Å². The number of H-pyrrole nitrogens is 1. The third-order valence-electron chi connectivity index (χ3n) is 7.25. The van der Waals surface area contributed by atoms with E-state index in [1.54, 1.807) is 39.0 Å². The van der Waals surface area contributed by atoms with Crippen LogP contribution in [0.25, 0.3) is 27.6 Å². The fourth-order valence-electron chi connectivity index (χ4n) is 5.24. The summed E-state index contributed by atoms with van der Waals surface area (Å²) < 4.78 is 5.86. The average molecular weight is 629 g/mol. The predicted molar refractivity (Wildman–Crippen MR) is 188 cm³/mol. The lowest BCUT2D eigenvalue weighted by molar-refractivity contribution is 0.415. The van der Waals surface area contributed by atoms with Crippen LogP contribution in [0.15, 0.2) is 60.1 Å². The lowest BCUT2D eigenvalue weighted by Crippen LogP contribution is -2.19. The zero-order valence-electron chi connectivity index (χ0n) is 25.4. The Kier molecular flexibility index (Phi) is 9.94. The summed E-state index contributed by atoms with van der Waals surface area (Å²) in [6.45, 7) is 4.41. The van der Waals surface area contributed by atoms with Crippen LogP contribution in [-0.4, -0.2) is 71.4 Å². The van der Waals surface area contributed by atoms with Crippen molar-refractivity contribution in [2.45, 2.75) is 12.5 Å². The monoisotopic (exact) mass is 628 g/mol. The van der Waals surface area contributed by atoms with Gasteiger partial charge in [-0.05, 0) is 74.0 Å². The molecule has 3 aromatic heterocycles. The lowest BCUT2D eigenvalue weighted by atomic mass is 9.93. The zero-order chi connectivity index (χ0) is 31.2. The maximum atomic E-state index is 6.08. The Morgan fingerprint density at radius 2 is 1.95 bits per heavy atom. The number of nitrogens with one attached hydrogen (secondary N) is 4. The molecule has 5 aromatic rings. The third kappa shape index (κ3) is 6.33. The molecule has 0 saturated carbocycles. The molecule has 3 heterocycles. The van der Waals surface area contributed by atoms with Gasteiger partial charge in [0.1, 0.15) is 17.2 Å². The second-order valence-electron chi connectivity index (χ2n) is 10.2. The minimum atomic E-state index is -0.511. The number of anilines is 4. The molecule has 13 heteroatoms. The highest BCUT2D eigenvalue weighted by atomic mass is 32.1. The molecule has 0 radical (unpaired) electrons. The van der Waals surface area contributed by atoms with Gasteiger partial charge in [-0.15, -0.1) is 0 Å². The molecule has 0 spiro atoms. The smallest absolute Gasteiger partial charge is 0.231 e. The highest BCUT2D eigenvalue weighted by Gasteiger charge is 2.21. The summed E-state index contributed by atoms with van der Waals surface area (Å²) in [7, 11) is 4.78. The van der Waals surface area contributed by atoms with Gasteiger partial charge in [0.25, 0.3) is 0 Å². The number of ether oxygens (including phenoxy) is 1. The largest absolute Gasteiger partial charge is 0.495 e. The number of aromatic nitrogens is 5. The van der Waals surface area contributed by atoms with Gasteiger partial charge in [0.15, 0.2) is 0 Å². The number of fused-ring (bicyclic) bond motifs is 2. The van der Waals surface area contributed by atoms with Crippen LogP contribution in [0, 0.1) is 0 Å². The molecule has 11 nitrogen and oxygen atoms in total. The van der Waals surface area contributed by atoms with Crippen LogP contribution in [0.4, 0.5) is 23.1 Å². The van der Waals surface area contributed by atoms with Crippen LogP contribution in [0.5, 0.6) is 5.75 Å². The van der Waals surface area contributed by atoms with Crippen molar-refractivity contribution in [2.75, 3.05) is 50.9 Å². The number of aliphatic imine (C=N–C) groups is 1. The fraction of sp³-hybridized carbons (Fsp3) is 0.258. The van der Waals surface area contributed by atoms with Crippen molar-refractivity contribution in [3.8, 4) is 5.75 Å². The van der Waals surface area contributed by atoms with E-state index in [2.05, 4.69) is 61.9 Å². The molecule has 0 saturated heterocycles. The van der Waals surface area contributed by atoms with Gasteiger partial charge in [-0.1, -0.05) is 7.92 Å². The quantitative estimate of drug-likeness (QED) is 0.0611. The predicted octanol–water partition coefficient (Wildman–Crippen LogP) is 5.34. The minimum absolute atomic E-state index is 0.0245. The number of methoxy groups -OCH3 is 1. The maximum Gasteiger partial charge on any atom is 0.231 e. The first-order valence-corrected chi connectivity index (χ1v) is 16.9. The van der Waals surface area contributed by atoms with Crippen molar-refractivity contribution >= 4 is 82.9 Å². The summed E-state index contributed by atoms with van der Waals surface area (Å²) in [4.78, 5) is 26.3. The normalized spacial score (nSPS) is 12.8. The fourth-order valence-corrected chi connectivity index (χ4v) is 6.71. The van der Waals surface area contributed by atoms with Gasteiger partial charge in [-0.25, -0.2) is 0 Å². The highest BCUT2D eigenvalue weighted by Crippen LogP contribution is 2.38. The van der Waals surface area contributed by atoms with Crippen LogP contribution < -0.4 is 31.7 Å².